The van der Waals surface area contributed by atoms with E-state index in [4.69, 9.17) is 0 Å². The first-order valence-corrected chi connectivity index (χ1v) is 9.52. The van der Waals surface area contributed by atoms with E-state index in [1.54, 1.807) is 11.6 Å². The zero-order valence-electron chi connectivity index (χ0n) is 15.2. The highest BCUT2D eigenvalue weighted by atomic mass is 32.1. The van der Waals surface area contributed by atoms with Gasteiger partial charge in [0.1, 0.15) is 0 Å². The highest BCUT2D eigenvalue weighted by Crippen LogP contribution is 2.30. The molecule has 0 saturated carbocycles. The lowest BCUT2D eigenvalue weighted by molar-refractivity contribution is -0.145. The number of aromatic nitrogens is 1. The number of allylic oxidation sites excluding steroid dienone is 3. The highest BCUT2D eigenvalue weighted by Gasteiger charge is 2.31. The van der Waals surface area contributed by atoms with Crippen molar-refractivity contribution < 1.29 is 14.7 Å². The second-order valence-electron chi connectivity index (χ2n) is 6.15. The van der Waals surface area contributed by atoms with Crippen molar-refractivity contribution in [1.29, 1.82) is 0 Å². The lowest BCUT2D eigenvalue weighted by Gasteiger charge is -2.24. The average molecular weight is 365 g/mol. The summed E-state index contributed by atoms with van der Waals surface area (Å²) in [7, 11) is 0. The van der Waals surface area contributed by atoms with Gasteiger partial charge in [-0.15, -0.1) is 11.3 Å². The van der Waals surface area contributed by atoms with Crippen molar-refractivity contribution in [3.05, 3.63) is 35.4 Å². The molecule has 2 atom stereocenters. The van der Waals surface area contributed by atoms with Crippen LogP contribution in [0, 0.1) is 11.8 Å². The van der Waals surface area contributed by atoms with Gasteiger partial charge in [0.15, 0.2) is 5.13 Å². The van der Waals surface area contributed by atoms with Crippen LogP contribution in [0.2, 0.25) is 0 Å². The van der Waals surface area contributed by atoms with E-state index < -0.39 is 11.9 Å². The van der Waals surface area contributed by atoms with E-state index in [0.29, 0.717) is 11.6 Å². The van der Waals surface area contributed by atoms with Gasteiger partial charge < -0.3 is 10.4 Å². The highest BCUT2D eigenvalue weighted by molar-refractivity contribution is 7.13. The molecule has 1 rings (SSSR count). The smallest absolute Gasteiger partial charge is 0.307 e. The predicted octanol–water partition coefficient (Wildman–Crippen LogP) is 4.89. The minimum Gasteiger partial charge on any atom is -0.481 e. The van der Waals surface area contributed by atoms with Crippen LogP contribution in [0.3, 0.4) is 0 Å². The summed E-state index contributed by atoms with van der Waals surface area (Å²) >= 11 is 1.31. The summed E-state index contributed by atoms with van der Waals surface area (Å²) in [5.74, 6) is -2.26. The number of nitrogens with zero attached hydrogens (tertiary/aromatic N) is 1. The van der Waals surface area contributed by atoms with Crippen LogP contribution in [0.4, 0.5) is 5.13 Å². The van der Waals surface area contributed by atoms with E-state index in [1.807, 2.05) is 6.92 Å². The molecule has 0 radical (unpaired) electrons. The number of carbonyl (C=O) groups is 2. The number of carboxylic acid groups (broad SMARTS) is 1. The maximum Gasteiger partial charge on any atom is 0.307 e. The monoisotopic (exact) mass is 364 g/mol. The summed E-state index contributed by atoms with van der Waals surface area (Å²) in [6.45, 7) is 10.2. The fraction of sp³-hybridized carbons (Fsp3) is 0.526. The van der Waals surface area contributed by atoms with Gasteiger partial charge >= 0.3 is 5.97 Å². The number of anilines is 1. The molecule has 1 aromatic rings. The first kappa shape index (κ1) is 21.1. The van der Waals surface area contributed by atoms with Crippen molar-refractivity contribution >= 4 is 28.3 Å². The second kappa shape index (κ2) is 10.8. The van der Waals surface area contributed by atoms with Gasteiger partial charge in [-0.1, -0.05) is 37.6 Å². The molecule has 138 valence electrons. The summed E-state index contributed by atoms with van der Waals surface area (Å²) in [5.41, 5.74) is 2.22. The largest absolute Gasteiger partial charge is 0.481 e. The van der Waals surface area contributed by atoms with E-state index in [0.717, 1.165) is 24.8 Å². The molecular weight excluding hydrogens is 336 g/mol. The molecule has 1 amide bonds. The van der Waals surface area contributed by atoms with Gasteiger partial charge in [0, 0.05) is 18.0 Å². The number of amides is 1. The van der Waals surface area contributed by atoms with Crippen LogP contribution in [0.1, 0.15) is 52.9 Å². The Morgan fingerprint density at radius 2 is 2.12 bits per heavy atom. The Balaban J connectivity index is 2.70. The maximum absolute atomic E-state index is 12.2. The number of nitrogens with one attached hydrogen (secondary N) is 1. The molecule has 5 nitrogen and oxygen atoms in total. The Labute approximate surface area is 153 Å². The molecule has 1 aromatic heterocycles. The summed E-state index contributed by atoms with van der Waals surface area (Å²) in [6.07, 6.45) is 6.95. The van der Waals surface area contributed by atoms with Gasteiger partial charge in [-0.25, -0.2) is 4.98 Å². The van der Waals surface area contributed by atoms with Crippen LogP contribution in [-0.4, -0.2) is 22.0 Å². The van der Waals surface area contributed by atoms with Crippen LogP contribution < -0.4 is 5.32 Å². The summed E-state index contributed by atoms with van der Waals surface area (Å²) in [5, 5.41) is 14.5. The normalized spacial score (nSPS) is 14.0. The van der Waals surface area contributed by atoms with Crippen LogP contribution >= 0.6 is 11.3 Å². The van der Waals surface area contributed by atoms with E-state index in [9.17, 15) is 14.7 Å². The average Bonchev–Trinajstić information content (AvgIpc) is 3.07. The van der Waals surface area contributed by atoms with Crippen molar-refractivity contribution in [2.24, 2.45) is 11.8 Å². The minimum atomic E-state index is -0.956. The summed E-state index contributed by atoms with van der Waals surface area (Å²) in [6, 6.07) is 0. The third-order valence-corrected chi connectivity index (χ3v) is 5.06. The first-order chi connectivity index (χ1) is 11.9. The van der Waals surface area contributed by atoms with Gasteiger partial charge in [-0.2, -0.15) is 0 Å². The van der Waals surface area contributed by atoms with Gasteiger partial charge in [0.05, 0.1) is 5.92 Å². The molecule has 2 unspecified atom stereocenters. The van der Waals surface area contributed by atoms with Crippen molar-refractivity contribution in [1.82, 2.24) is 4.98 Å². The van der Waals surface area contributed by atoms with Gasteiger partial charge in [-0.05, 0) is 38.5 Å². The summed E-state index contributed by atoms with van der Waals surface area (Å²) < 4.78 is 0. The lowest BCUT2D eigenvalue weighted by Crippen LogP contribution is -2.29. The number of rotatable bonds is 11. The molecule has 0 aliphatic rings. The number of thiazole rings is 1. The number of carboxylic acids is 1. The third kappa shape index (κ3) is 7.22. The summed E-state index contributed by atoms with van der Waals surface area (Å²) in [4.78, 5) is 27.9. The van der Waals surface area contributed by atoms with Gasteiger partial charge in [0.2, 0.25) is 5.91 Å². The van der Waals surface area contributed by atoms with Gasteiger partial charge in [0.25, 0.3) is 0 Å². The zero-order valence-corrected chi connectivity index (χ0v) is 16.1. The fourth-order valence-electron chi connectivity index (χ4n) is 2.75. The Morgan fingerprint density at radius 1 is 1.40 bits per heavy atom. The molecule has 0 aromatic carbocycles. The van der Waals surface area contributed by atoms with Crippen LogP contribution in [0.5, 0.6) is 0 Å². The Bertz CT molecular complexity index is 608. The minimum absolute atomic E-state index is 0.0731. The van der Waals surface area contributed by atoms with Crippen molar-refractivity contribution in [3.8, 4) is 0 Å². The number of hydrogen-bond donors (Lipinski definition) is 2. The van der Waals surface area contributed by atoms with Crippen molar-refractivity contribution in [2.45, 2.75) is 52.9 Å². The van der Waals surface area contributed by atoms with E-state index in [2.05, 4.69) is 36.8 Å². The molecule has 1 heterocycles. The molecule has 25 heavy (non-hydrogen) atoms. The molecule has 0 aliphatic heterocycles. The lowest BCUT2D eigenvalue weighted by atomic mass is 9.80. The molecular formula is C19H28N2O3S. The number of aliphatic carboxylic acids is 1. The zero-order chi connectivity index (χ0) is 18.8. The molecule has 0 spiro atoms. The van der Waals surface area contributed by atoms with Gasteiger partial charge in [-0.3, -0.25) is 9.59 Å². The van der Waals surface area contributed by atoms with E-state index in [1.165, 1.54) is 16.9 Å². The van der Waals surface area contributed by atoms with Crippen LogP contribution in [-0.2, 0) is 9.59 Å². The van der Waals surface area contributed by atoms with E-state index >= 15 is 0 Å². The maximum atomic E-state index is 12.2. The standard InChI is InChI=1S/C19H28N2O3S/c1-5-13(3)8-7-9-14(4)15(6-2)16(18(23)24)12-17(22)21-19-20-10-11-25-19/h8,10-11,15-16H,4-7,9,12H2,1-3H3,(H,23,24)(H,20,21,22)/b13-8-. The number of hydrogen-bond acceptors (Lipinski definition) is 4. The molecule has 0 bridgehead atoms. The van der Waals surface area contributed by atoms with E-state index in [-0.39, 0.29) is 18.2 Å². The molecule has 6 heteroatoms. The van der Waals surface area contributed by atoms with Crippen LogP contribution in [0.15, 0.2) is 35.4 Å². The Kier molecular flexibility index (Phi) is 9.13. The molecule has 0 fully saturated rings. The Hall–Kier alpha value is -1.95. The molecule has 2 N–H and O–H groups in total. The quantitative estimate of drug-likeness (QED) is 0.548. The SMILES string of the molecule is C=C(CC/C=C(/C)CC)C(CC)C(CC(=O)Nc1nccs1)C(=O)O. The molecule has 0 aliphatic carbocycles. The third-order valence-electron chi connectivity index (χ3n) is 4.37. The Morgan fingerprint density at radius 3 is 2.64 bits per heavy atom. The fourth-order valence-corrected chi connectivity index (χ4v) is 3.29. The van der Waals surface area contributed by atoms with Crippen molar-refractivity contribution in [2.75, 3.05) is 5.32 Å². The molecule has 0 saturated heterocycles. The topological polar surface area (TPSA) is 79.3 Å². The van der Waals surface area contributed by atoms with Crippen LogP contribution in [0.25, 0.3) is 0 Å². The van der Waals surface area contributed by atoms with Crippen molar-refractivity contribution in [3.63, 3.8) is 0 Å². The first-order valence-electron chi connectivity index (χ1n) is 8.64. The predicted molar refractivity (Wildman–Crippen MR) is 103 cm³/mol. The second-order valence-corrected chi connectivity index (χ2v) is 7.04. The number of carbonyl (C=O) groups excluding carboxylic acids is 1.